The van der Waals surface area contributed by atoms with Gasteiger partial charge in [0.05, 0.1) is 11.6 Å². The molecule has 0 aliphatic rings. The molecule has 27 heavy (non-hydrogen) atoms. The maximum Gasteiger partial charge on any atom is 0.338 e. The summed E-state index contributed by atoms with van der Waals surface area (Å²) >= 11 is 1.54. The van der Waals surface area contributed by atoms with Crippen molar-refractivity contribution in [2.75, 3.05) is 6.61 Å². The number of nitrogens with one attached hydrogen (secondary N) is 1. The molecule has 1 atom stereocenters. The lowest BCUT2D eigenvalue weighted by molar-refractivity contribution is -0.124. The van der Waals surface area contributed by atoms with Gasteiger partial charge in [0, 0.05) is 10.4 Å². The third kappa shape index (κ3) is 4.89. The molecule has 0 radical (unpaired) electrons. The highest BCUT2D eigenvalue weighted by Gasteiger charge is 2.19. The Bertz CT molecular complexity index is 905. The zero-order chi connectivity index (χ0) is 19.1. The molecule has 0 fully saturated rings. The number of hydrogen-bond acceptors (Lipinski definition) is 5. The molecule has 0 aliphatic heterocycles. The normalized spacial score (nSPS) is 11.4. The minimum absolute atomic E-state index is 0.284. The molecule has 0 spiro atoms. The van der Waals surface area contributed by atoms with Crippen molar-refractivity contribution in [1.82, 2.24) is 5.32 Å². The number of carbonyl (C=O) groups is 3. The fraction of sp³-hybridized carbons (Fsp3) is 0.0952. The Kier molecular flexibility index (Phi) is 6.12. The fourth-order valence-corrected chi connectivity index (χ4v) is 3.34. The number of aldehydes is 1. The first-order chi connectivity index (χ1) is 13.2. The maximum absolute atomic E-state index is 12.3. The van der Waals surface area contributed by atoms with Gasteiger partial charge in [-0.25, -0.2) is 4.79 Å². The number of carbonyl (C=O) groups excluding carboxylic acids is 3. The zero-order valence-corrected chi connectivity index (χ0v) is 15.1. The van der Waals surface area contributed by atoms with Crippen molar-refractivity contribution in [1.29, 1.82) is 0 Å². The molecule has 1 N–H and O–H groups in total. The van der Waals surface area contributed by atoms with Crippen molar-refractivity contribution in [3.63, 3.8) is 0 Å². The largest absolute Gasteiger partial charge is 0.452 e. The summed E-state index contributed by atoms with van der Waals surface area (Å²) < 4.78 is 5.08. The summed E-state index contributed by atoms with van der Waals surface area (Å²) in [7, 11) is 0. The molecule has 1 aromatic heterocycles. The van der Waals surface area contributed by atoms with Crippen LogP contribution in [-0.2, 0) is 9.53 Å². The van der Waals surface area contributed by atoms with Crippen LogP contribution in [-0.4, -0.2) is 24.8 Å². The van der Waals surface area contributed by atoms with Crippen molar-refractivity contribution in [3.05, 3.63) is 93.7 Å². The van der Waals surface area contributed by atoms with Gasteiger partial charge in [-0.2, -0.15) is 0 Å². The molecule has 0 aliphatic carbocycles. The van der Waals surface area contributed by atoms with E-state index in [1.165, 1.54) is 24.3 Å². The highest BCUT2D eigenvalue weighted by Crippen LogP contribution is 2.25. The van der Waals surface area contributed by atoms with Crippen molar-refractivity contribution in [3.8, 4) is 0 Å². The minimum atomic E-state index is -0.616. The van der Waals surface area contributed by atoms with Gasteiger partial charge >= 0.3 is 5.97 Å². The second-order valence-corrected chi connectivity index (χ2v) is 6.72. The molecule has 2 aromatic carbocycles. The standard InChI is InChI=1S/C21H17NO4S/c23-13-15-8-10-17(11-9-15)21(25)26-14-19(24)22-20(18-7-4-12-27-18)16-5-2-1-3-6-16/h1-13,20H,14H2,(H,22,24)/t20-/m1/s1. The van der Waals surface area contributed by atoms with Crippen LogP contribution >= 0.6 is 11.3 Å². The molecule has 0 saturated heterocycles. The summed E-state index contributed by atoms with van der Waals surface area (Å²) in [6, 6.07) is 19.2. The number of esters is 1. The van der Waals surface area contributed by atoms with E-state index in [4.69, 9.17) is 4.74 Å². The monoisotopic (exact) mass is 379 g/mol. The van der Waals surface area contributed by atoms with Crippen LogP contribution in [0, 0.1) is 0 Å². The highest BCUT2D eigenvalue weighted by molar-refractivity contribution is 7.10. The average molecular weight is 379 g/mol. The molecular weight excluding hydrogens is 362 g/mol. The zero-order valence-electron chi connectivity index (χ0n) is 14.3. The van der Waals surface area contributed by atoms with Crippen LogP contribution in [0.5, 0.6) is 0 Å². The first-order valence-electron chi connectivity index (χ1n) is 8.27. The Morgan fingerprint density at radius 3 is 2.37 bits per heavy atom. The molecule has 5 nitrogen and oxygen atoms in total. The Labute approximate surface area is 160 Å². The van der Waals surface area contributed by atoms with E-state index in [2.05, 4.69) is 5.32 Å². The van der Waals surface area contributed by atoms with Crippen LogP contribution in [0.15, 0.2) is 72.1 Å². The van der Waals surface area contributed by atoms with Gasteiger partial charge in [0.2, 0.25) is 0 Å². The third-order valence-corrected chi connectivity index (χ3v) is 4.82. The third-order valence-electron chi connectivity index (χ3n) is 3.88. The molecule has 6 heteroatoms. The fourth-order valence-electron chi connectivity index (χ4n) is 2.53. The molecule has 3 aromatic rings. The van der Waals surface area contributed by atoms with Gasteiger partial charge in [-0.05, 0) is 29.1 Å². The van der Waals surface area contributed by atoms with Crippen LogP contribution in [0.4, 0.5) is 0 Å². The van der Waals surface area contributed by atoms with E-state index in [9.17, 15) is 14.4 Å². The molecule has 0 bridgehead atoms. The van der Waals surface area contributed by atoms with E-state index in [1.807, 2.05) is 47.8 Å². The number of ether oxygens (including phenoxy) is 1. The average Bonchev–Trinajstić information content (AvgIpc) is 3.25. The van der Waals surface area contributed by atoms with E-state index < -0.39 is 11.9 Å². The molecule has 0 unspecified atom stereocenters. The van der Waals surface area contributed by atoms with Crippen molar-refractivity contribution in [2.45, 2.75) is 6.04 Å². The summed E-state index contributed by atoms with van der Waals surface area (Å²) in [6.45, 7) is -0.386. The summed E-state index contributed by atoms with van der Waals surface area (Å²) in [4.78, 5) is 36.0. The Balaban J connectivity index is 1.62. The van der Waals surface area contributed by atoms with E-state index in [-0.39, 0.29) is 18.2 Å². The van der Waals surface area contributed by atoms with Crippen LogP contribution in [0.1, 0.15) is 37.2 Å². The summed E-state index contributed by atoms with van der Waals surface area (Å²) in [6.07, 6.45) is 0.691. The second-order valence-electron chi connectivity index (χ2n) is 5.74. The molecular formula is C21H17NO4S. The van der Waals surface area contributed by atoms with E-state index in [0.29, 0.717) is 11.8 Å². The predicted octanol–water partition coefficient (Wildman–Crippen LogP) is 3.62. The van der Waals surface area contributed by atoms with E-state index in [1.54, 1.807) is 11.3 Å². The summed E-state index contributed by atoms with van der Waals surface area (Å²) in [5, 5.41) is 4.85. The first-order valence-corrected chi connectivity index (χ1v) is 9.15. The Morgan fingerprint density at radius 2 is 1.74 bits per heavy atom. The number of rotatable bonds is 7. The van der Waals surface area contributed by atoms with Crippen molar-refractivity contribution < 1.29 is 19.1 Å². The molecule has 3 rings (SSSR count). The van der Waals surface area contributed by atoms with Crippen molar-refractivity contribution in [2.24, 2.45) is 0 Å². The lowest BCUT2D eigenvalue weighted by Gasteiger charge is -2.18. The summed E-state index contributed by atoms with van der Waals surface area (Å²) in [5.74, 6) is -1.01. The highest BCUT2D eigenvalue weighted by atomic mass is 32.1. The van der Waals surface area contributed by atoms with Gasteiger partial charge in [0.25, 0.3) is 5.91 Å². The Hall–Kier alpha value is -3.25. The van der Waals surface area contributed by atoms with E-state index >= 15 is 0 Å². The SMILES string of the molecule is O=Cc1ccc(C(=O)OCC(=O)N[C@H](c2ccccc2)c2cccs2)cc1. The predicted molar refractivity (Wildman–Crippen MR) is 103 cm³/mol. The lowest BCUT2D eigenvalue weighted by Crippen LogP contribution is -2.32. The quantitative estimate of drug-likeness (QED) is 0.503. The van der Waals surface area contributed by atoms with Gasteiger partial charge < -0.3 is 10.1 Å². The second kappa shape index (κ2) is 8.91. The summed E-state index contributed by atoms with van der Waals surface area (Å²) in [5.41, 5.74) is 1.70. The minimum Gasteiger partial charge on any atom is -0.452 e. The first kappa shape index (κ1) is 18.5. The topological polar surface area (TPSA) is 72.5 Å². The van der Waals surface area contributed by atoms with Gasteiger partial charge in [-0.1, -0.05) is 48.5 Å². The van der Waals surface area contributed by atoms with Crippen LogP contribution < -0.4 is 5.32 Å². The molecule has 136 valence electrons. The Morgan fingerprint density at radius 1 is 1.00 bits per heavy atom. The smallest absolute Gasteiger partial charge is 0.338 e. The maximum atomic E-state index is 12.3. The van der Waals surface area contributed by atoms with Crippen LogP contribution in [0.2, 0.25) is 0 Å². The van der Waals surface area contributed by atoms with Gasteiger partial charge in [-0.3, -0.25) is 9.59 Å². The number of hydrogen-bond donors (Lipinski definition) is 1. The number of amides is 1. The molecule has 0 saturated carbocycles. The molecule has 1 amide bonds. The number of thiophene rings is 1. The van der Waals surface area contributed by atoms with E-state index in [0.717, 1.165) is 10.4 Å². The van der Waals surface area contributed by atoms with Crippen LogP contribution in [0.3, 0.4) is 0 Å². The van der Waals surface area contributed by atoms with Crippen LogP contribution in [0.25, 0.3) is 0 Å². The van der Waals surface area contributed by atoms with Gasteiger partial charge in [0.15, 0.2) is 6.61 Å². The number of benzene rings is 2. The van der Waals surface area contributed by atoms with Gasteiger partial charge in [0.1, 0.15) is 6.29 Å². The van der Waals surface area contributed by atoms with Gasteiger partial charge in [-0.15, -0.1) is 11.3 Å². The van der Waals surface area contributed by atoms with Crippen molar-refractivity contribution >= 4 is 29.5 Å². The lowest BCUT2D eigenvalue weighted by atomic mass is 10.1. The molecule has 1 heterocycles.